The second kappa shape index (κ2) is 11.2. The molecule has 0 unspecified atom stereocenters. The molecule has 0 aliphatic carbocycles. The van der Waals surface area contributed by atoms with Crippen LogP contribution in [0.2, 0.25) is 5.02 Å². The Balaban J connectivity index is 1.77. The van der Waals surface area contributed by atoms with Gasteiger partial charge in [-0.1, -0.05) is 35.9 Å². The van der Waals surface area contributed by atoms with E-state index in [1.165, 1.54) is 24.4 Å². The third-order valence-corrected chi connectivity index (χ3v) is 6.91. The highest BCUT2D eigenvalue weighted by Gasteiger charge is 2.27. The summed E-state index contributed by atoms with van der Waals surface area (Å²) >= 11 is 6.23. The number of nitrogens with zero attached hydrogens (tertiary/aromatic N) is 2. The molecule has 0 bridgehead atoms. The van der Waals surface area contributed by atoms with Gasteiger partial charge in [0.15, 0.2) is 0 Å². The average Bonchev–Trinajstić information content (AvgIpc) is 2.81. The molecule has 7 nitrogen and oxygen atoms in total. The normalized spacial score (nSPS) is 11.6. The molecule has 0 saturated carbocycles. The molecule has 0 aliphatic rings. The summed E-state index contributed by atoms with van der Waals surface area (Å²) in [5.74, 6) is 0.127. The lowest BCUT2D eigenvalue weighted by molar-refractivity contribution is -0.119. The molecule has 0 spiro atoms. The molecule has 0 fully saturated rings. The highest BCUT2D eigenvalue weighted by molar-refractivity contribution is 7.92. The Kier molecular flexibility index (Phi) is 8.31. The number of amides is 1. The Bertz CT molecular complexity index is 1260. The van der Waals surface area contributed by atoms with E-state index in [-0.39, 0.29) is 16.7 Å². The van der Waals surface area contributed by atoms with Crippen molar-refractivity contribution < 1.29 is 17.9 Å². The number of sulfonamides is 1. The maximum absolute atomic E-state index is 13.3. The summed E-state index contributed by atoms with van der Waals surface area (Å²) < 4.78 is 33.2. The first-order valence-corrected chi connectivity index (χ1v) is 12.4. The molecule has 3 aromatic carbocycles. The monoisotopic (exact) mass is 499 g/mol. The fourth-order valence-electron chi connectivity index (χ4n) is 3.02. The van der Waals surface area contributed by atoms with Gasteiger partial charge in [-0.3, -0.25) is 9.10 Å². The number of ether oxygens (including phenoxy) is 1. The molecule has 1 N–H and O–H groups in total. The number of aryl methyl sites for hydroxylation is 1. The Labute approximate surface area is 205 Å². The van der Waals surface area contributed by atoms with Crippen LogP contribution in [0.3, 0.4) is 0 Å². The minimum atomic E-state index is -4.02. The van der Waals surface area contributed by atoms with E-state index in [1.54, 1.807) is 54.6 Å². The molecule has 9 heteroatoms. The number of hydrazone groups is 1. The number of benzene rings is 3. The topological polar surface area (TPSA) is 88.1 Å². The molecule has 0 aliphatic heterocycles. The maximum atomic E-state index is 13.3. The summed E-state index contributed by atoms with van der Waals surface area (Å²) in [4.78, 5) is 12.7. The third kappa shape index (κ3) is 6.59. The standard InChI is InChI=1S/C25H26ClN3O4S/c1-18(2)33-22-13-10-20(11-14-22)16-27-28-25(30)17-29(21-12-9-19(3)24(26)15-21)34(31,32)23-7-5-4-6-8-23/h4-16,18H,17H2,1-3H3,(H,28,30)/b27-16+. The number of anilines is 1. The van der Waals surface area contributed by atoms with Crippen molar-refractivity contribution in [2.45, 2.75) is 31.8 Å². The van der Waals surface area contributed by atoms with E-state index in [4.69, 9.17) is 16.3 Å². The number of halogens is 1. The molecule has 0 heterocycles. The van der Waals surface area contributed by atoms with Gasteiger partial charge in [0.2, 0.25) is 0 Å². The summed E-state index contributed by atoms with van der Waals surface area (Å²) in [5.41, 5.74) is 4.20. The Morgan fingerprint density at radius 1 is 1.09 bits per heavy atom. The van der Waals surface area contributed by atoms with Crippen LogP contribution in [-0.4, -0.2) is 33.2 Å². The van der Waals surface area contributed by atoms with E-state index in [2.05, 4.69) is 10.5 Å². The van der Waals surface area contributed by atoms with Gasteiger partial charge in [-0.25, -0.2) is 13.8 Å². The van der Waals surface area contributed by atoms with E-state index in [1.807, 2.05) is 20.8 Å². The molecule has 0 atom stereocenters. The minimum absolute atomic E-state index is 0.0618. The molecule has 0 aromatic heterocycles. The number of nitrogens with one attached hydrogen (secondary N) is 1. The number of carbonyl (C=O) groups is 1. The Morgan fingerprint density at radius 2 is 1.76 bits per heavy atom. The minimum Gasteiger partial charge on any atom is -0.491 e. The second-order valence-corrected chi connectivity index (χ2v) is 10.1. The van der Waals surface area contributed by atoms with Crippen LogP contribution < -0.4 is 14.5 Å². The summed E-state index contributed by atoms with van der Waals surface area (Å²) in [6.07, 6.45) is 1.54. The van der Waals surface area contributed by atoms with Gasteiger partial charge in [-0.05, 0) is 80.4 Å². The molecule has 0 radical (unpaired) electrons. The van der Waals surface area contributed by atoms with E-state index < -0.39 is 22.5 Å². The van der Waals surface area contributed by atoms with Gasteiger partial charge in [0.1, 0.15) is 12.3 Å². The van der Waals surface area contributed by atoms with E-state index in [9.17, 15) is 13.2 Å². The molecular formula is C25H26ClN3O4S. The van der Waals surface area contributed by atoms with Crippen LogP contribution >= 0.6 is 11.6 Å². The van der Waals surface area contributed by atoms with Crippen LogP contribution in [0, 0.1) is 6.92 Å². The van der Waals surface area contributed by atoms with Crippen molar-refractivity contribution in [3.05, 3.63) is 88.9 Å². The van der Waals surface area contributed by atoms with Gasteiger partial charge >= 0.3 is 0 Å². The van der Waals surface area contributed by atoms with Crippen LogP contribution in [0.15, 0.2) is 82.8 Å². The summed E-state index contributed by atoms with van der Waals surface area (Å²) in [7, 11) is -4.02. The smallest absolute Gasteiger partial charge is 0.264 e. The van der Waals surface area contributed by atoms with Gasteiger partial charge in [0, 0.05) is 5.02 Å². The molecule has 3 rings (SSSR count). The molecule has 1 amide bonds. The first-order chi connectivity index (χ1) is 16.2. The van der Waals surface area contributed by atoms with Gasteiger partial charge in [0.05, 0.1) is 22.9 Å². The lowest BCUT2D eigenvalue weighted by atomic mass is 10.2. The molecule has 3 aromatic rings. The second-order valence-electron chi connectivity index (χ2n) is 7.79. The van der Waals surface area contributed by atoms with Gasteiger partial charge < -0.3 is 4.74 Å². The Hall–Kier alpha value is -3.36. The predicted octanol–water partition coefficient (Wildman–Crippen LogP) is 4.78. The average molecular weight is 500 g/mol. The summed E-state index contributed by atoms with van der Waals surface area (Å²) in [6.45, 7) is 5.22. The molecule has 0 saturated heterocycles. The van der Waals surface area contributed by atoms with E-state index >= 15 is 0 Å². The van der Waals surface area contributed by atoms with E-state index in [0.29, 0.717) is 5.02 Å². The van der Waals surface area contributed by atoms with Crippen molar-refractivity contribution in [2.75, 3.05) is 10.8 Å². The van der Waals surface area contributed by atoms with Crippen LogP contribution in [0.25, 0.3) is 0 Å². The number of hydrogen-bond acceptors (Lipinski definition) is 5. The van der Waals surface area contributed by atoms with Gasteiger partial charge in [-0.2, -0.15) is 5.10 Å². The van der Waals surface area contributed by atoms with Crippen LogP contribution in [0.4, 0.5) is 5.69 Å². The van der Waals surface area contributed by atoms with Crippen molar-refractivity contribution in [2.24, 2.45) is 5.10 Å². The van der Waals surface area contributed by atoms with Crippen molar-refractivity contribution in [1.29, 1.82) is 0 Å². The zero-order valence-corrected chi connectivity index (χ0v) is 20.7. The quantitative estimate of drug-likeness (QED) is 0.339. The fourth-order valence-corrected chi connectivity index (χ4v) is 4.63. The number of carbonyl (C=O) groups excluding carboxylic acids is 1. The van der Waals surface area contributed by atoms with Crippen molar-refractivity contribution in [1.82, 2.24) is 5.43 Å². The lowest BCUT2D eigenvalue weighted by Crippen LogP contribution is -2.39. The first kappa shape index (κ1) is 25.3. The lowest BCUT2D eigenvalue weighted by Gasteiger charge is -2.24. The zero-order valence-electron chi connectivity index (χ0n) is 19.1. The first-order valence-electron chi connectivity index (χ1n) is 10.6. The van der Waals surface area contributed by atoms with Crippen molar-refractivity contribution in [3.8, 4) is 5.75 Å². The SMILES string of the molecule is Cc1ccc(N(CC(=O)N/N=C/c2ccc(OC(C)C)cc2)S(=O)(=O)c2ccccc2)cc1Cl. The third-order valence-electron chi connectivity index (χ3n) is 4.72. The van der Waals surface area contributed by atoms with Gasteiger partial charge in [-0.15, -0.1) is 0 Å². The summed E-state index contributed by atoms with van der Waals surface area (Å²) in [5, 5.41) is 4.35. The number of hydrogen-bond donors (Lipinski definition) is 1. The maximum Gasteiger partial charge on any atom is 0.264 e. The van der Waals surface area contributed by atoms with Crippen LogP contribution in [0.5, 0.6) is 5.75 Å². The molecular weight excluding hydrogens is 474 g/mol. The fraction of sp³-hybridized carbons (Fsp3) is 0.200. The van der Waals surface area contributed by atoms with Crippen molar-refractivity contribution in [3.63, 3.8) is 0 Å². The highest BCUT2D eigenvalue weighted by Crippen LogP contribution is 2.27. The van der Waals surface area contributed by atoms with Gasteiger partial charge in [0.25, 0.3) is 15.9 Å². The van der Waals surface area contributed by atoms with Crippen LogP contribution in [-0.2, 0) is 14.8 Å². The van der Waals surface area contributed by atoms with Crippen molar-refractivity contribution >= 4 is 39.4 Å². The largest absolute Gasteiger partial charge is 0.491 e. The highest BCUT2D eigenvalue weighted by atomic mass is 35.5. The zero-order chi connectivity index (χ0) is 24.7. The molecule has 34 heavy (non-hydrogen) atoms. The van der Waals surface area contributed by atoms with E-state index in [0.717, 1.165) is 21.2 Å². The number of rotatable bonds is 9. The van der Waals surface area contributed by atoms with Crippen LogP contribution in [0.1, 0.15) is 25.0 Å². The predicted molar refractivity (Wildman–Crippen MR) is 135 cm³/mol. The Morgan fingerprint density at radius 3 is 2.38 bits per heavy atom. The summed E-state index contributed by atoms with van der Waals surface area (Å²) in [6, 6.07) is 19.9. The molecule has 178 valence electrons.